The molecule has 1 aliphatic rings. The lowest BCUT2D eigenvalue weighted by Crippen LogP contribution is -2.32. The van der Waals surface area contributed by atoms with E-state index in [1.165, 1.54) is 5.56 Å². The average Bonchev–Trinajstić information content (AvgIpc) is 3.24. The fourth-order valence-electron chi connectivity index (χ4n) is 3.66. The van der Waals surface area contributed by atoms with Gasteiger partial charge in [-0.2, -0.15) is 0 Å². The normalized spacial score (nSPS) is 17.6. The minimum Gasteiger partial charge on any atom is -0.341 e. The number of likely N-dealkylation sites (tertiary alicyclic amines) is 1. The Hall–Kier alpha value is -2.14. The molecule has 1 fully saturated rings. The van der Waals surface area contributed by atoms with E-state index in [1.54, 1.807) is 6.20 Å². The fourth-order valence-corrected chi connectivity index (χ4v) is 3.66. The van der Waals surface area contributed by atoms with E-state index >= 15 is 0 Å². The van der Waals surface area contributed by atoms with Crippen molar-refractivity contribution >= 4 is 5.91 Å². The zero-order chi connectivity index (χ0) is 17.8. The largest absolute Gasteiger partial charge is 0.341 e. The maximum atomic E-state index is 12.8. The molecule has 1 amide bonds. The van der Waals surface area contributed by atoms with Gasteiger partial charge >= 0.3 is 0 Å². The third-order valence-electron chi connectivity index (χ3n) is 4.87. The first kappa shape index (κ1) is 17.7. The molecule has 0 spiro atoms. The Morgan fingerprint density at radius 2 is 2.20 bits per heavy atom. The smallest absolute Gasteiger partial charge is 0.270 e. The van der Waals surface area contributed by atoms with Gasteiger partial charge in [0.05, 0.1) is 0 Å². The molecule has 0 unspecified atom stereocenters. The lowest BCUT2D eigenvalue weighted by atomic mass is 10.1. The molecule has 0 bridgehead atoms. The van der Waals surface area contributed by atoms with Crippen LogP contribution in [0, 0.1) is 5.92 Å². The van der Waals surface area contributed by atoms with Crippen molar-refractivity contribution in [2.75, 3.05) is 26.7 Å². The SMILES string of the molecule is CC(C)n1cccc1C(=O)N1CC[C@H](CN(C)Cc2cccnc2)C1. The second kappa shape index (κ2) is 7.83. The highest BCUT2D eigenvalue weighted by molar-refractivity contribution is 5.93. The highest BCUT2D eigenvalue weighted by atomic mass is 16.2. The summed E-state index contributed by atoms with van der Waals surface area (Å²) in [6, 6.07) is 8.28. The zero-order valence-corrected chi connectivity index (χ0v) is 15.4. The van der Waals surface area contributed by atoms with Gasteiger partial charge in [0.1, 0.15) is 5.69 Å². The Bertz CT molecular complexity index is 695. The predicted octanol–water partition coefficient (Wildman–Crippen LogP) is 3.06. The molecule has 2 aromatic heterocycles. The van der Waals surface area contributed by atoms with E-state index in [0.717, 1.165) is 38.3 Å². The molecule has 5 nitrogen and oxygen atoms in total. The monoisotopic (exact) mass is 340 g/mol. The molecule has 1 aliphatic heterocycles. The number of amides is 1. The molecule has 0 radical (unpaired) electrons. The molecule has 0 N–H and O–H groups in total. The number of hydrogen-bond acceptors (Lipinski definition) is 3. The van der Waals surface area contributed by atoms with Crippen LogP contribution in [-0.4, -0.2) is 51.9 Å². The molecule has 0 aromatic carbocycles. The van der Waals surface area contributed by atoms with Crippen LogP contribution in [0.3, 0.4) is 0 Å². The minimum atomic E-state index is 0.163. The summed E-state index contributed by atoms with van der Waals surface area (Å²) in [6.45, 7) is 7.82. The number of carbonyl (C=O) groups excluding carboxylic acids is 1. The van der Waals surface area contributed by atoms with Crippen molar-refractivity contribution in [1.29, 1.82) is 0 Å². The number of rotatable bonds is 6. The van der Waals surface area contributed by atoms with Gasteiger partial charge in [-0.3, -0.25) is 9.78 Å². The van der Waals surface area contributed by atoms with Crippen molar-refractivity contribution in [2.45, 2.75) is 32.9 Å². The summed E-state index contributed by atoms with van der Waals surface area (Å²) >= 11 is 0. The van der Waals surface area contributed by atoms with Gasteiger partial charge in [0.15, 0.2) is 0 Å². The lowest BCUT2D eigenvalue weighted by Gasteiger charge is -2.22. The summed E-state index contributed by atoms with van der Waals surface area (Å²) in [5.74, 6) is 0.698. The molecule has 25 heavy (non-hydrogen) atoms. The van der Waals surface area contributed by atoms with Crippen LogP contribution in [0.5, 0.6) is 0 Å². The lowest BCUT2D eigenvalue weighted by molar-refractivity contribution is 0.0772. The number of pyridine rings is 1. The number of carbonyl (C=O) groups is 1. The van der Waals surface area contributed by atoms with Crippen molar-refractivity contribution in [3.8, 4) is 0 Å². The third-order valence-corrected chi connectivity index (χ3v) is 4.87. The van der Waals surface area contributed by atoms with Crippen LogP contribution in [0.2, 0.25) is 0 Å². The molecule has 3 rings (SSSR count). The predicted molar refractivity (Wildman–Crippen MR) is 99.4 cm³/mol. The van der Waals surface area contributed by atoms with Crippen LogP contribution in [0.25, 0.3) is 0 Å². The van der Waals surface area contributed by atoms with Crippen LogP contribution < -0.4 is 0 Å². The van der Waals surface area contributed by atoms with E-state index < -0.39 is 0 Å². The topological polar surface area (TPSA) is 41.4 Å². The van der Waals surface area contributed by atoms with Crippen molar-refractivity contribution in [3.05, 3.63) is 54.1 Å². The van der Waals surface area contributed by atoms with Gasteiger partial charge < -0.3 is 14.4 Å². The van der Waals surface area contributed by atoms with Gasteiger partial charge in [-0.1, -0.05) is 6.07 Å². The van der Waals surface area contributed by atoms with E-state index in [-0.39, 0.29) is 5.91 Å². The number of nitrogens with zero attached hydrogens (tertiary/aromatic N) is 4. The molecule has 2 aromatic rings. The molecule has 0 saturated carbocycles. The first-order valence-corrected chi connectivity index (χ1v) is 9.08. The molecular weight excluding hydrogens is 312 g/mol. The summed E-state index contributed by atoms with van der Waals surface area (Å²) in [5.41, 5.74) is 2.03. The fraction of sp³-hybridized carbons (Fsp3) is 0.500. The Morgan fingerprint density at radius 3 is 2.92 bits per heavy atom. The Balaban J connectivity index is 1.54. The van der Waals surface area contributed by atoms with Crippen LogP contribution in [-0.2, 0) is 6.54 Å². The number of hydrogen-bond donors (Lipinski definition) is 0. The molecule has 134 valence electrons. The molecule has 3 heterocycles. The van der Waals surface area contributed by atoms with Gasteiger partial charge in [0.2, 0.25) is 0 Å². The highest BCUT2D eigenvalue weighted by Crippen LogP contribution is 2.21. The first-order chi connectivity index (χ1) is 12.0. The maximum absolute atomic E-state index is 12.8. The second-order valence-corrected chi connectivity index (χ2v) is 7.36. The van der Waals surface area contributed by atoms with Crippen LogP contribution in [0.4, 0.5) is 0 Å². The summed E-state index contributed by atoms with van der Waals surface area (Å²) in [6.07, 6.45) is 6.79. The van der Waals surface area contributed by atoms with Gasteiger partial charge in [0, 0.05) is 50.8 Å². The maximum Gasteiger partial charge on any atom is 0.270 e. The van der Waals surface area contributed by atoms with Gasteiger partial charge in [-0.05, 0) is 57.0 Å². The van der Waals surface area contributed by atoms with E-state index in [0.29, 0.717) is 12.0 Å². The van der Waals surface area contributed by atoms with Crippen molar-refractivity contribution in [3.63, 3.8) is 0 Å². The van der Waals surface area contributed by atoms with Crippen LogP contribution in [0.1, 0.15) is 42.4 Å². The van der Waals surface area contributed by atoms with E-state index in [2.05, 4.69) is 41.4 Å². The Kier molecular flexibility index (Phi) is 5.53. The summed E-state index contributed by atoms with van der Waals surface area (Å²) in [7, 11) is 2.14. The van der Waals surface area contributed by atoms with Crippen LogP contribution >= 0.6 is 0 Å². The highest BCUT2D eigenvalue weighted by Gasteiger charge is 2.29. The Morgan fingerprint density at radius 1 is 1.36 bits per heavy atom. The third kappa shape index (κ3) is 4.28. The quantitative estimate of drug-likeness (QED) is 0.811. The second-order valence-electron chi connectivity index (χ2n) is 7.36. The van der Waals surface area contributed by atoms with E-state index in [4.69, 9.17) is 0 Å². The average molecular weight is 340 g/mol. The summed E-state index contributed by atoms with van der Waals surface area (Å²) < 4.78 is 2.06. The van der Waals surface area contributed by atoms with Crippen molar-refractivity contribution in [1.82, 2.24) is 19.4 Å². The van der Waals surface area contributed by atoms with Gasteiger partial charge in [0.25, 0.3) is 5.91 Å². The van der Waals surface area contributed by atoms with Crippen LogP contribution in [0.15, 0.2) is 42.9 Å². The van der Waals surface area contributed by atoms with Crippen molar-refractivity contribution in [2.24, 2.45) is 5.92 Å². The molecule has 1 atom stereocenters. The minimum absolute atomic E-state index is 0.163. The molecule has 5 heteroatoms. The van der Waals surface area contributed by atoms with Gasteiger partial charge in [-0.15, -0.1) is 0 Å². The Labute approximate surface area is 150 Å². The molecule has 1 saturated heterocycles. The number of aromatic nitrogens is 2. The van der Waals surface area contributed by atoms with E-state index in [9.17, 15) is 4.79 Å². The van der Waals surface area contributed by atoms with E-state index in [1.807, 2.05) is 35.5 Å². The van der Waals surface area contributed by atoms with Gasteiger partial charge in [-0.25, -0.2) is 0 Å². The van der Waals surface area contributed by atoms with Crippen molar-refractivity contribution < 1.29 is 4.79 Å². The first-order valence-electron chi connectivity index (χ1n) is 9.08. The zero-order valence-electron chi connectivity index (χ0n) is 15.4. The summed E-state index contributed by atoms with van der Waals surface area (Å²) in [4.78, 5) is 21.3. The molecule has 0 aliphatic carbocycles. The molecular formula is C20H28N4O. The summed E-state index contributed by atoms with van der Waals surface area (Å²) in [5, 5.41) is 0. The standard InChI is InChI=1S/C20H28N4O/c1-16(2)24-10-5-7-19(24)20(25)23-11-8-18(15-23)14-22(3)13-17-6-4-9-21-12-17/h4-7,9-10,12,16,18H,8,11,13-15H2,1-3H3/t18-/m1/s1.